The number of alkyl halides is 1. The molecule has 0 bridgehead atoms. The Kier molecular flexibility index (Phi) is 4.37. The van der Waals surface area contributed by atoms with Crippen LogP contribution in [0.2, 0.25) is 0 Å². The van der Waals surface area contributed by atoms with Crippen LogP contribution in [0.15, 0.2) is 6.07 Å². The molecule has 2 N–H and O–H groups in total. The third-order valence-corrected chi connectivity index (χ3v) is 2.16. The van der Waals surface area contributed by atoms with E-state index in [1.165, 1.54) is 0 Å². The molecule has 0 spiro atoms. The molecule has 0 aliphatic heterocycles. The monoisotopic (exact) mass is 257 g/mol. The Balaban J connectivity index is 2.92. The molecule has 7 heteroatoms. The van der Waals surface area contributed by atoms with E-state index in [4.69, 9.17) is 16.7 Å². The standard InChI is InChI=1S/C9H8ClF4NO/c10-2-4(16)3-15-9-6(12)1-5(11)7(13)8(9)14/h1,4,15-16H,2-3H2. The van der Waals surface area contributed by atoms with E-state index in [0.29, 0.717) is 0 Å². The molecule has 0 fully saturated rings. The first-order valence-corrected chi connectivity index (χ1v) is 4.81. The highest BCUT2D eigenvalue weighted by Crippen LogP contribution is 2.23. The lowest BCUT2D eigenvalue weighted by molar-refractivity contribution is 0.211. The molecule has 1 aromatic rings. The summed E-state index contributed by atoms with van der Waals surface area (Å²) >= 11 is 5.24. The van der Waals surface area contributed by atoms with Crippen molar-refractivity contribution in [2.24, 2.45) is 0 Å². The minimum absolute atomic E-state index is 0.153. The first-order chi connectivity index (χ1) is 7.47. The van der Waals surface area contributed by atoms with Gasteiger partial charge in [0.05, 0.1) is 12.0 Å². The van der Waals surface area contributed by atoms with Gasteiger partial charge in [0.2, 0.25) is 0 Å². The highest BCUT2D eigenvalue weighted by molar-refractivity contribution is 6.18. The van der Waals surface area contributed by atoms with Crippen LogP contribution in [0.3, 0.4) is 0 Å². The summed E-state index contributed by atoms with van der Waals surface area (Å²) in [4.78, 5) is 0. The van der Waals surface area contributed by atoms with Crippen molar-refractivity contribution < 1.29 is 22.7 Å². The first-order valence-electron chi connectivity index (χ1n) is 4.28. The number of aliphatic hydroxyl groups excluding tert-OH is 1. The van der Waals surface area contributed by atoms with E-state index in [-0.39, 0.29) is 18.5 Å². The molecule has 0 amide bonds. The van der Waals surface area contributed by atoms with Gasteiger partial charge in [0.15, 0.2) is 23.3 Å². The zero-order valence-corrected chi connectivity index (χ0v) is 8.66. The number of benzene rings is 1. The van der Waals surface area contributed by atoms with Crippen LogP contribution < -0.4 is 5.32 Å². The number of aliphatic hydroxyl groups is 1. The van der Waals surface area contributed by atoms with Crippen molar-refractivity contribution in [3.05, 3.63) is 29.3 Å². The highest BCUT2D eigenvalue weighted by atomic mass is 35.5. The third-order valence-electron chi connectivity index (χ3n) is 1.81. The molecule has 0 aromatic heterocycles. The maximum Gasteiger partial charge on any atom is 0.196 e. The van der Waals surface area contributed by atoms with E-state index in [2.05, 4.69) is 5.32 Å². The van der Waals surface area contributed by atoms with E-state index in [9.17, 15) is 17.6 Å². The maximum absolute atomic E-state index is 13.0. The van der Waals surface area contributed by atoms with Gasteiger partial charge in [-0.15, -0.1) is 11.6 Å². The second-order valence-electron chi connectivity index (χ2n) is 3.03. The Bertz CT molecular complexity index is 388. The second-order valence-corrected chi connectivity index (χ2v) is 3.34. The van der Waals surface area contributed by atoms with Crippen LogP contribution >= 0.6 is 11.6 Å². The fourth-order valence-corrected chi connectivity index (χ4v) is 1.11. The minimum atomic E-state index is -1.77. The predicted octanol–water partition coefficient (Wildman–Crippen LogP) is 2.25. The van der Waals surface area contributed by atoms with Crippen molar-refractivity contribution in [2.45, 2.75) is 6.10 Å². The average molecular weight is 258 g/mol. The number of hydrogen-bond acceptors (Lipinski definition) is 2. The molecule has 2 nitrogen and oxygen atoms in total. The summed E-state index contributed by atoms with van der Waals surface area (Å²) < 4.78 is 51.3. The quantitative estimate of drug-likeness (QED) is 0.375. The minimum Gasteiger partial charge on any atom is -0.390 e. The van der Waals surface area contributed by atoms with Gasteiger partial charge in [0, 0.05) is 12.6 Å². The summed E-state index contributed by atoms with van der Waals surface area (Å²) in [6.45, 7) is -0.275. The molecule has 1 atom stereocenters. The molecule has 1 rings (SSSR count). The van der Waals surface area contributed by atoms with Crippen molar-refractivity contribution >= 4 is 17.3 Å². The van der Waals surface area contributed by atoms with Crippen molar-refractivity contribution in [3.8, 4) is 0 Å². The van der Waals surface area contributed by atoms with Crippen LogP contribution in [-0.4, -0.2) is 23.6 Å². The van der Waals surface area contributed by atoms with Gasteiger partial charge in [-0.1, -0.05) is 0 Å². The molecule has 0 aliphatic rings. The summed E-state index contributed by atoms with van der Waals surface area (Å²) in [7, 11) is 0. The Morgan fingerprint density at radius 1 is 1.19 bits per heavy atom. The molecular weight excluding hydrogens is 250 g/mol. The molecule has 0 saturated carbocycles. The predicted molar refractivity (Wildman–Crippen MR) is 51.5 cm³/mol. The summed E-state index contributed by atoms with van der Waals surface area (Å²) in [5.41, 5.74) is -0.830. The average Bonchev–Trinajstić information content (AvgIpc) is 2.25. The van der Waals surface area contributed by atoms with Crippen molar-refractivity contribution in [3.63, 3.8) is 0 Å². The molecule has 90 valence electrons. The Hall–Kier alpha value is -1.01. The summed E-state index contributed by atoms with van der Waals surface area (Å²) in [6.07, 6.45) is -1.05. The van der Waals surface area contributed by atoms with E-state index < -0.39 is 35.1 Å². The number of anilines is 1. The topological polar surface area (TPSA) is 32.3 Å². The zero-order valence-electron chi connectivity index (χ0n) is 7.91. The Morgan fingerprint density at radius 3 is 2.38 bits per heavy atom. The summed E-state index contributed by atoms with van der Waals surface area (Å²) in [6, 6.07) is 0.216. The van der Waals surface area contributed by atoms with Gasteiger partial charge in [0.25, 0.3) is 0 Å². The van der Waals surface area contributed by atoms with Gasteiger partial charge >= 0.3 is 0 Å². The second kappa shape index (κ2) is 5.36. The lowest BCUT2D eigenvalue weighted by Gasteiger charge is -2.12. The third kappa shape index (κ3) is 2.76. The van der Waals surface area contributed by atoms with E-state index >= 15 is 0 Å². The molecule has 0 radical (unpaired) electrons. The van der Waals surface area contributed by atoms with Gasteiger partial charge in [0.1, 0.15) is 5.69 Å². The number of rotatable bonds is 4. The molecular formula is C9H8ClF4NO. The first kappa shape index (κ1) is 13.1. The fourth-order valence-electron chi connectivity index (χ4n) is 1.00. The number of nitrogens with one attached hydrogen (secondary N) is 1. The number of hydrogen-bond donors (Lipinski definition) is 2. The van der Waals surface area contributed by atoms with Crippen LogP contribution in [0.4, 0.5) is 23.2 Å². The SMILES string of the molecule is OC(CCl)CNc1c(F)cc(F)c(F)c1F. The van der Waals surface area contributed by atoms with Gasteiger partial charge in [-0.2, -0.15) is 0 Å². The van der Waals surface area contributed by atoms with Crippen molar-refractivity contribution in [2.75, 3.05) is 17.7 Å². The Labute approximate surface area is 93.8 Å². The van der Waals surface area contributed by atoms with E-state index in [0.717, 1.165) is 0 Å². The molecule has 0 heterocycles. The van der Waals surface area contributed by atoms with Crippen LogP contribution in [0.5, 0.6) is 0 Å². The van der Waals surface area contributed by atoms with Gasteiger partial charge in [-0.3, -0.25) is 0 Å². The van der Waals surface area contributed by atoms with Crippen LogP contribution in [0.25, 0.3) is 0 Å². The van der Waals surface area contributed by atoms with Crippen LogP contribution in [0.1, 0.15) is 0 Å². The molecule has 1 aromatic carbocycles. The van der Waals surface area contributed by atoms with Gasteiger partial charge in [-0.05, 0) is 0 Å². The van der Waals surface area contributed by atoms with Gasteiger partial charge < -0.3 is 10.4 Å². The summed E-state index contributed by atoms with van der Waals surface area (Å²) in [5.74, 6) is -6.49. The smallest absolute Gasteiger partial charge is 0.196 e. The molecule has 1 unspecified atom stereocenters. The fraction of sp³-hybridized carbons (Fsp3) is 0.333. The maximum atomic E-state index is 13.0. The zero-order chi connectivity index (χ0) is 12.3. The molecule has 16 heavy (non-hydrogen) atoms. The van der Waals surface area contributed by atoms with E-state index in [1.807, 2.05) is 0 Å². The number of halogens is 5. The summed E-state index contributed by atoms with van der Waals surface area (Å²) in [5, 5.41) is 11.1. The highest BCUT2D eigenvalue weighted by Gasteiger charge is 2.19. The lowest BCUT2D eigenvalue weighted by Crippen LogP contribution is -2.22. The molecule has 0 saturated heterocycles. The largest absolute Gasteiger partial charge is 0.390 e. The van der Waals surface area contributed by atoms with Crippen molar-refractivity contribution in [1.29, 1.82) is 0 Å². The molecule has 0 aliphatic carbocycles. The van der Waals surface area contributed by atoms with Crippen LogP contribution in [-0.2, 0) is 0 Å². The van der Waals surface area contributed by atoms with Crippen LogP contribution in [0, 0.1) is 23.3 Å². The normalized spacial score (nSPS) is 12.6. The van der Waals surface area contributed by atoms with Gasteiger partial charge in [-0.25, -0.2) is 17.6 Å². The Morgan fingerprint density at radius 2 is 1.81 bits per heavy atom. The van der Waals surface area contributed by atoms with E-state index in [1.54, 1.807) is 0 Å². The van der Waals surface area contributed by atoms with Crippen molar-refractivity contribution in [1.82, 2.24) is 0 Å². The lowest BCUT2D eigenvalue weighted by atomic mass is 10.2.